The summed E-state index contributed by atoms with van der Waals surface area (Å²) in [5, 5.41) is 3.07. The van der Waals surface area contributed by atoms with Gasteiger partial charge in [0.25, 0.3) is 0 Å². The Bertz CT molecular complexity index is 443. The lowest BCUT2D eigenvalue weighted by molar-refractivity contribution is -0.117. The van der Waals surface area contributed by atoms with Crippen LogP contribution in [0.1, 0.15) is 73.1 Å². The summed E-state index contributed by atoms with van der Waals surface area (Å²) in [6.45, 7) is 12.0. The number of rotatable bonds is 5. The second kappa shape index (κ2) is 8.92. The molecule has 0 bridgehead atoms. The fourth-order valence-electron chi connectivity index (χ4n) is 4.88. The van der Waals surface area contributed by atoms with E-state index in [1.807, 2.05) is 27.9 Å². The van der Waals surface area contributed by atoms with Crippen LogP contribution in [0.4, 0.5) is 4.79 Å². The van der Waals surface area contributed by atoms with Crippen LogP contribution in [0.15, 0.2) is 0 Å². The smallest absolute Gasteiger partial charge is 0.407 e. The zero-order valence-corrected chi connectivity index (χ0v) is 17.6. The highest BCUT2D eigenvalue weighted by atomic mass is 16.6. The molecule has 2 fully saturated rings. The minimum atomic E-state index is -0.454. The molecule has 1 saturated carbocycles. The van der Waals surface area contributed by atoms with Gasteiger partial charge in [0.15, 0.2) is 0 Å². The molecule has 5 nitrogen and oxygen atoms in total. The van der Waals surface area contributed by atoms with Crippen LogP contribution in [-0.4, -0.2) is 44.2 Å². The molecule has 1 atom stereocenters. The molecule has 0 aromatic heterocycles. The highest BCUT2D eigenvalue weighted by molar-refractivity contribution is 5.68. The Kier molecular flexibility index (Phi) is 7.37. The maximum absolute atomic E-state index is 12.1. The minimum absolute atomic E-state index is 0.183. The first-order valence-corrected chi connectivity index (χ1v) is 10.3. The molecule has 1 saturated heterocycles. The van der Waals surface area contributed by atoms with Crippen LogP contribution in [0.2, 0.25) is 0 Å². The average Bonchev–Trinajstić information content (AvgIpc) is 2.56. The zero-order valence-electron chi connectivity index (χ0n) is 17.6. The van der Waals surface area contributed by atoms with Crippen molar-refractivity contribution in [3.05, 3.63) is 0 Å². The van der Waals surface area contributed by atoms with Gasteiger partial charge < -0.3 is 19.5 Å². The fraction of sp³-hybridized carbons (Fsp3) is 0.952. The molecule has 1 aliphatic carbocycles. The van der Waals surface area contributed by atoms with Crippen LogP contribution < -0.4 is 5.32 Å². The summed E-state index contributed by atoms with van der Waals surface area (Å²) in [5.41, 5.74) is -0.270. The Labute approximate surface area is 159 Å². The third kappa shape index (κ3) is 5.35. The molecule has 1 heterocycles. The number of nitrogens with one attached hydrogen (secondary N) is 1. The highest BCUT2D eigenvalue weighted by Crippen LogP contribution is 2.49. The molecule has 1 amide bonds. The Balaban J connectivity index is 2.00. The summed E-state index contributed by atoms with van der Waals surface area (Å²) >= 11 is 0. The molecule has 0 aromatic carbocycles. The van der Waals surface area contributed by atoms with Gasteiger partial charge in [-0.2, -0.15) is 0 Å². The summed E-state index contributed by atoms with van der Waals surface area (Å²) in [6.07, 6.45) is 6.29. The number of hydrogen-bond donors (Lipinski definition) is 1. The summed E-state index contributed by atoms with van der Waals surface area (Å²) in [6, 6.07) is 0.198. The predicted octanol–water partition coefficient (Wildman–Crippen LogP) is 4.54. The van der Waals surface area contributed by atoms with Gasteiger partial charge in [0, 0.05) is 26.4 Å². The predicted molar refractivity (Wildman–Crippen MR) is 103 cm³/mol. The summed E-state index contributed by atoms with van der Waals surface area (Å²) in [4.78, 5) is 12.1. The number of alkyl carbamates (subject to hydrolysis) is 1. The molecule has 0 radical (unpaired) electrons. The van der Waals surface area contributed by atoms with Crippen LogP contribution in [0.5, 0.6) is 0 Å². The van der Waals surface area contributed by atoms with Gasteiger partial charge in [-0.1, -0.05) is 13.8 Å². The van der Waals surface area contributed by atoms with E-state index in [4.69, 9.17) is 14.2 Å². The number of carbonyl (C=O) groups excluding carboxylic acids is 1. The van der Waals surface area contributed by atoms with Crippen LogP contribution in [-0.2, 0) is 14.2 Å². The standard InChI is InChI=1S/C21H39NO4/c1-15(2)21(18(24-6)16-9-13-25-14-10-16)11-7-17(8-12-21)22-19(23)26-20(3,4)5/h15-18H,7-14H2,1-6H3,(H,22,23). The Hall–Kier alpha value is -0.810. The molecule has 26 heavy (non-hydrogen) atoms. The molecule has 2 rings (SSSR count). The monoisotopic (exact) mass is 369 g/mol. The summed E-state index contributed by atoms with van der Waals surface area (Å²) in [7, 11) is 1.87. The van der Waals surface area contributed by atoms with Gasteiger partial charge in [-0.3, -0.25) is 0 Å². The van der Waals surface area contributed by atoms with Gasteiger partial charge in [0.05, 0.1) is 6.10 Å². The van der Waals surface area contributed by atoms with Crippen molar-refractivity contribution in [2.75, 3.05) is 20.3 Å². The maximum atomic E-state index is 12.1. The molecule has 5 heteroatoms. The van der Waals surface area contributed by atoms with Crippen molar-refractivity contribution in [3.8, 4) is 0 Å². The molecule has 0 spiro atoms. The van der Waals surface area contributed by atoms with Crippen molar-refractivity contribution < 1.29 is 19.0 Å². The SMILES string of the molecule is COC(C1CCOCC1)C1(C(C)C)CCC(NC(=O)OC(C)(C)C)CC1. The van der Waals surface area contributed by atoms with Gasteiger partial charge in [-0.25, -0.2) is 4.79 Å². The van der Waals surface area contributed by atoms with Gasteiger partial charge >= 0.3 is 6.09 Å². The maximum Gasteiger partial charge on any atom is 0.407 e. The van der Waals surface area contributed by atoms with Gasteiger partial charge in [0.1, 0.15) is 5.60 Å². The molecular formula is C21H39NO4. The lowest BCUT2D eigenvalue weighted by Gasteiger charge is -2.51. The number of carbonyl (C=O) groups is 1. The topological polar surface area (TPSA) is 56.8 Å². The second-order valence-electron chi connectivity index (χ2n) is 9.41. The first-order chi connectivity index (χ1) is 12.2. The van der Waals surface area contributed by atoms with Crippen molar-refractivity contribution in [1.29, 1.82) is 0 Å². The number of ether oxygens (including phenoxy) is 3. The largest absolute Gasteiger partial charge is 0.444 e. The zero-order chi connectivity index (χ0) is 19.4. The van der Waals surface area contributed by atoms with E-state index in [2.05, 4.69) is 19.2 Å². The summed E-state index contributed by atoms with van der Waals surface area (Å²) in [5.74, 6) is 1.13. The van der Waals surface area contributed by atoms with E-state index in [0.29, 0.717) is 11.8 Å². The Morgan fingerprint density at radius 1 is 1.12 bits per heavy atom. The molecular weight excluding hydrogens is 330 g/mol. The van der Waals surface area contributed by atoms with Gasteiger partial charge in [0.2, 0.25) is 0 Å². The van der Waals surface area contributed by atoms with Crippen LogP contribution >= 0.6 is 0 Å². The van der Waals surface area contributed by atoms with Gasteiger partial charge in [-0.05, 0) is 76.5 Å². The van der Waals surface area contributed by atoms with Crippen molar-refractivity contribution in [2.24, 2.45) is 17.3 Å². The fourth-order valence-corrected chi connectivity index (χ4v) is 4.88. The van der Waals surface area contributed by atoms with E-state index in [1.54, 1.807) is 0 Å². The molecule has 2 aliphatic rings. The van der Waals surface area contributed by atoms with Crippen molar-refractivity contribution >= 4 is 6.09 Å². The van der Waals surface area contributed by atoms with Crippen molar-refractivity contribution in [2.45, 2.75) is 90.9 Å². The molecule has 1 aliphatic heterocycles. The number of methoxy groups -OCH3 is 1. The van der Waals surface area contributed by atoms with Crippen molar-refractivity contribution in [1.82, 2.24) is 5.32 Å². The quantitative estimate of drug-likeness (QED) is 0.773. The van der Waals surface area contributed by atoms with Gasteiger partial charge in [-0.15, -0.1) is 0 Å². The average molecular weight is 370 g/mol. The molecule has 0 aromatic rings. The van der Waals surface area contributed by atoms with E-state index >= 15 is 0 Å². The van der Waals surface area contributed by atoms with E-state index in [9.17, 15) is 4.79 Å². The normalized spacial score (nSPS) is 29.4. The molecule has 152 valence electrons. The van der Waals surface area contributed by atoms with E-state index in [1.165, 1.54) is 0 Å². The second-order valence-corrected chi connectivity index (χ2v) is 9.41. The lowest BCUT2D eigenvalue weighted by Crippen LogP contribution is -2.51. The minimum Gasteiger partial charge on any atom is -0.444 e. The summed E-state index contributed by atoms with van der Waals surface area (Å²) < 4.78 is 17.1. The molecule has 1 unspecified atom stereocenters. The first kappa shape index (κ1) is 21.5. The van der Waals surface area contributed by atoms with Crippen LogP contribution in [0.25, 0.3) is 0 Å². The third-order valence-electron chi connectivity index (χ3n) is 6.30. The molecule has 1 N–H and O–H groups in total. The lowest BCUT2D eigenvalue weighted by atomic mass is 9.59. The number of hydrogen-bond acceptors (Lipinski definition) is 4. The first-order valence-electron chi connectivity index (χ1n) is 10.3. The van der Waals surface area contributed by atoms with E-state index < -0.39 is 5.60 Å². The highest BCUT2D eigenvalue weighted by Gasteiger charge is 2.47. The van der Waals surface area contributed by atoms with E-state index in [0.717, 1.165) is 51.7 Å². The number of amides is 1. The third-order valence-corrected chi connectivity index (χ3v) is 6.30. The van der Waals surface area contributed by atoms with E-state index in [-0.39, 0.29) is 23.7 Å². The Morgan fingerprint density at radius 2 is 1.69 bits per heavy atom. The van der Waals surface area contributed by atoms with Crippen LogP contribution in [0, 0.1) is 17.3 Å². The van der Waals surface area contributed by atoms with Crippen molar-refractivity contribution in [3.63, 3.8) is 0 Å². The Morgan fingerprint density at radius 3 is 2.15 bits per heavy atom. The van der Waals surface area contributed by atoms with Crippen LogP contribution in [0.3, 0.4) is 0 Å².